The van der Waals surface area contributed by atoms with E-state index in [0.717, 1.165) is 6.42 Å². The van der Waals surface area contributed by atoms with E-state index in [4.69, 9.17) is 0 Å². The molecule has 1 heterocycles. The highest BCUT2D eigenvalue weighted by Crippen LogP contribution is 2.42. The molecule has 0 atom stereocenters. The molecule has 0 nitrogen and oxygen atoms in total. The lowest BCUT2D eigenvalue weighted by atomic mass is 9.99. The molecule has 3 aromatic rings. The minimum Gasteiger partial charge on any atom is -0.139 e. The van der Waals surface area contributed by atoms with Gasteiger partial charge in [-0.05, 0) is 29.7 Å². The smallest absolute Gasteiger partial charge is 0.0358 e. The number of hydrogen-bond donors (Lipinski definition) is 0. The Labute approximate surface area is 117 Å². The van der Waals surface area contributed by atoms with E-state index in [9.17, 15) is 0 Å². The Bertz CT molecular complexity index is 791. The van der Waals surface area contributed by atoms with Crippen LogP contribution in [0, 0.1) is 0 Å². The minimum atomic E-state index is 1.13. The van der Waals surface area contributed by atoms with E-state index < -0.39 is 0 Å². The highest BCUT2D eigenvalue weighted by Gasteiger charge is 2.18. The van der Waals surface area contributed by atoms with Crippen molar-refractivity contribution in [3.63, 3.8) is 0 Å². The fourth-order valence-corrected chi connectivity index (χ4v) is 4.22. The maximum absolute atomic E-state index is 2.36. The minimum absolute atomic E-state index is 1.13. The second-order valence-electron chi connectivity index (χ2n) is 5.15. The van der Waals surface area contributed by atoms with E-state index in [-0.39, 0.29) is 0 Å². The van der Waals surface area contributed by atoms with Crippen molar-refractivity contribution < 1.29 is 0 Å². The summed E-state index contributed by atoms with van der Waals surface area (Å²) in [4.78, 5) is 1.52. The van der Waals surface area contributed by atoms with Crippen LogP contribution in [0.3, 0.4) is 0 Å². The number of rotatable bonds is 1. The van der Waals surface area contributed by atoms with E-state index >= 15 is 0 Å². The molecule has 2 aromatic carbocycles. The Balaban J connectivity index is 2.07. The monoisotopic (exact) mass is 262 g/mol. The molecule has 0 aliphatic heterocycles. The molecule has 1 aliphatic rings. The van der Waals surface area contributed by atoms with E-state index in [1.54, 1.807) is 0 Å². The molecule has 0 N–H and O–H groups in total. The third-order valence-electron chi connectivity index (χ3n) is 3.74. The summed E-state index contributed by atoms with van der Waals surface area (Å²) in [6.07, 6.45) is 3.49. The summed E-state index contributed by atoms with van der Waals surface area (Å²) in [5, 5.41) is 1.44. The number of benzene rings is 2. The molecule has 0 spiro atoms. The molecule has 92 valence electrons. The van der Waals surface area contributed by atoms with Crippen molar-refractivity contribution in [2.24, 2.45) is 0 Å². The molecule has 0 saturated heterocycles. The molecule has 0 bridgehead atoms. The van der Waals surface area contributed by atoms with Gasteiger partial charge in [0, 0.05) is 21.4 Å². The molecule has 0 unspecified atom stereocenters. The molecule has 0 amide bonds. The predicted molar refractivity (Wildman–Crippen MR) is 84.6 cm³/mol. The molecule has 0 saturated carbocycles. The topological polar surface area (TPSA) is 0 Å². The van der Waals surface area contributed by atoms with Crippen LogP contribution in [0.15, 0.2) is 54.1 Å². The first-order valence-electron chi connectivity index (χ1n) is 6.60. The van der Waals surface area contributed by atoms with Gasteiger partial charge in [0.25, 0.3) is 0 Å². The van der Waals surface area contributed by atoms with Crippen LogP contribution in [0.1, 0.15) is 17.4 Å². The Morgan fingerprint density at radius 3 is 2.63 bits per heavy atom. The fourth-order valence-electron chi connectivity index (χ4n) is 2.91. The Hall–Kier alpha value is -1.86. The summed E-state index contributed by atoms with van der Waals surface area (Å²) in [6.45, 7) is 2.23. The van der Waals surface area contributed by atoms with Crippen molar-refractivity contribution in [2.75, 3.05) is 0 Å². The van der Waals surface area contributed by atoms with E-state index in [1.807, 2.05) is 11.3 Å². The number of fused-ring (bicyclic) bond motifs is 3. The van der Waals surface area contributed by atoms with Gasteiger partial charge in [-0.15, -0.1) is 11.3 Å². The quantitative estimate of drug-likeness (QED) is 0.541. The van der Waals surface area contributed by atoms with E-state index in [2.05, 4.69) is 61.5 Å². The van der Waals surface area contributed by atoms with E-state index in [1.165, 1.54) is 37.2 Å². The Kier molecular flexibility index (Phi) is 2.36. The van der Waals surface area contributed by atoms with Crippen LogP contribution in [-0.4, -0.2) is 0 Å². The predicted octanol–water partition coefficient (Wildman–Crippen LogP) is 5.53. The third-order valence-corrected chi connectivity index (χ3v) is 4.91. The van der Waals surface area contributed by atoms with Gasteiger partial charge in [-0.2, -0.15) is 0 Å². The maximum Gasteiger partial charge on any atom is 0.0358 e. The number of allylic oxidation sites excluding steroid dienone is 1. The van der Waals surface area contributed by atoms with Gasteiger partial charge in [0.05, 0.1) is 0 Å². The average molecular weight is 262 g/mol. The van der Waals surface area contributed by atoms with Gasteiger partial charge in [0.15, 0.2) is 0 Å². The van der Waals surface area contributed by atoms with Crippen LogP contribution in [0.4, 0.5) is 0 Å². The van der Waals surface area contributed by atoms with Crippen LogP contribution >= 0.6 is 11.3 Å². The zero-order valence-electron chi connectivity index (χ0n) is 10.8. The van der Waals surface area contributed by atoms with Crippen molar-refractivity contribution in [3.8, 4) is 11.1 Å². The van der Waals surface area contributed by atoms with Crippen LogP contribution in [0.5, 0.6) is 0 Å². The molecule has 1 aromatic heterocycles. The second-order valence-corrected chi connectivity index (χ2v) is 6.29. The van der Waals surface area contributed by atoms with Crippen molar-refractivity contribution in [1.82, 2.24) is 0 Å². The van der Waals surface area contributed by atoms with Gasteiger partial charge >= 0.3 is 0 Å². The first-order valence-corrected chi connectivity index (χ1v) is 7.41. The molecular weight excluding hydrogens is 248 g/mol. The molecule has 4 rings (SSSR count). The van der Waals surface area contributed by atoms with Gasteiger partial charge < -0.3 is 0 Å². The lowest BCUT2D eigenvalue weighted by Gasteiger charge is -2.04. The summed E-state index contributed by atoms with van der Waals surface area (Å²) in [5.74, 6) is 0. The largest absolute Gasteiger partial charge is 0.139 e. The molecule has 0 fully saturated rings. The van der Waals surface area contributed by atoms with Gasteiger partial charge in [0.2, 0.25) is 0 Å². The van der Waals surface area contributed by atoms with Crippen LogP contribution < -0.4 is 0 Å². The van der Waals surface area contributed by atoms with Crippen molar-refractivity contribution >= 4 is 27.5 Å². The summed E-state index contributed by atoms with van der Waals surface area (Å²) in [6, 6.07) is 17.4. The average Bonchev–Trinajstić information content (AvgIpc) is 2.95. The third kappa shape index (κ3) is 1.66. The van der Waals surface area contributed by atoms with Crippen molar-refractivity contribution in [3.05, 3.63) is 64.5 Å². The first-order chi connectivity index (χ1) is 9.33. The highest BCUT2D eigenvalue weighted by atomic mass is 32.1. The standard InChI is InChI=1S/C18H14S/c1-12-10-15-17(11-12)19-16-9-5-8-14(18(15)16)13-6-3-2-4-7-13/h2-10H,11H2,1H3. The Morgan fingerprint density at radius 1 is 0.947 bits per heavy atom. The Morgan fingerprint density at radius 2 is 1.79 bits per heavy atom. The molecular formula is C18H14S. The maximum atomic E-state index is 2.36. The van der Waals surface area contributed by atoms with Crippen molar-refractivity contribution in [2.45, 2.75) is 13.3 Å². The van der Waals surface area contributed by atoms with Gasteiger partial charge in [-0.3, -0.25) is 0 Å². The molecule has 1 aliphatic carbocycles. The van der Waals surface area contributed by atoms with Crippen LogP contribution in [0.2, 0.25) is 0 Å². The van der Waals surface area contributed by atoms with Crippen LogP contribution in [0.25, 0.3) is 27.3 Å². The molecule has 19 heavy (non-hydrogen) atoms. The molecule has 1 heteroatoms. The summed E-state index contributed by atoms with van der Waals surface area (Å²) >= 11 is 1.95. The van der Waals surface area contributed by atoms with Gasteiger partial charge in [0.1, 0.15) is 0 Å². The number of thiophene rings is 1. The molecule has 0 radical (unpaired) electrons. The lowest BCUT2D eigenvalue weighted by Crippen LogP contribution is -1.79. The van der Waals surface area contributed by atoms with E-state index in [0.29, 0.717) is 0 Å². The highest BCUT2D eigenvalue weighted by molar-refractivity contribution is 7.19. The summed E-state index contributed by atoms with van der Waals surface area (Å²) < 4.78 is 1.41. The summed E-state index contributed by atoms with van der Waals surface area (Å²) in [5.41, 5.74) is 5.61. The van der Waals surface area contributed by atoms with Gasteiger partial charge in [-0.25, -0.2) is 0 Å². The summed E-state index contributed by atoms with van der Waals surface area (Å²) in [7, 11) is 0. The SMILES string of the molecule is CC1=Cc2c(sc3cccc(-c4ccccc4)c23)C1. The lowest BCUT2D eigenvalue weighted by molar-refractivity contribution is 1.24. The normalized spacial score (nSPS) is 13.6. The van der Waals surface area contributed by atoms with Crippen LogP contribution in [-0.2, 0) is 6.42 Å². The zero-order chi connectivity index (χ0) is 12.8. The van der Waals surface area contributed by atoms with Crippen molar-refractivity contribution in [1.29, 1.82) is 0 Å². The first kappa shape index (κ1) is 11.0. The fraction of sp³-hybridized carbons (Fsp3) is 0.111. The number of hydrogen-bond acceptors (Lipinski definition) is 1. The van der Waals surface area contributed by atoms with Gasteiger partial charge in [-0.1, -0.05) is 54.1 Å². The zero-order valence-corrected chi connectivity index (χ0v) is 11.6. The second kappa shape index (κ2) is 4.07.